The molecule has 1 aromatic rings. The third-order valence-electron chi connectivity index (χ3n) is 8.97. The third-order valence-corrected chi connectivity index (χ3v) is 8.97. The largest absolute Gasteiger partial charge is 0.358 e. The van der Waals surface area contributed by atoms with Gasteiger partial charge in [0.05, 0.1) is 24.0 Å². The minimum absolute atomic E-state index is 0.0421. The molecular formula is C29H39F7O2. The van der Waals surface area contributed by atoms with Crippen molar-refractivity contribution in [2.24, 2.45) is 17.8 Å². The van der Waals surface area contributed by atoms with Crippen molar-refractivity contribution >= 4 is 0 Å². The second kappa shape index (κ2) is 12.4. The van der Waals surface area contributed by atoms with Crippen LogP contribution < -0.4 is 0 Å². The maximum absolute atomic E-state index is 15.0. The fraction of sp³-hybridized carbons (Fsp3) is 0.793. The Kier molecular flexibility index (Phi) is 9.70. The van der Waals surface area contributed by atoms with E-state index in [0.29, 0.717) is 37.2 Å². The van der Waals surface area contributed by atoms with E-state index in [0.717, 1.165) is 37.8 Å². The number of ether oxygens (including phenoxy) is 2. The Morgan fingerprint density at radius 2 is 1.08 bits per heavy atom. The Balaban J connectivity index is 1.21. The summed E-state index contributed by atoms with van der Waals surface area (Å²) in [6, 6.07) is 1.92. The summed E-state index contributed by atoms with van der Waals surface area (Å²) in [6.07, 6.45) is -1.80. The van der Waals surface area contributed by atoms with Crippen LogP contribution in [0.25, 0.3) is 0 Å². The van der Waals surface area contributed by atoms with Crippen LogP contribution in [0.3, 0.4) is 0 Å². The normalized spacial score (nSPS) is 31.4. The average molecular weight is 553 g/mol. The molecule has 9 heteroatoms. The van der Waals surface area contributed by atoms with Gasteiger partial charge in [-0.15, -0.1) is 0 Å². The van der Waals surface area contributed by atoms with Crippen LogP contribution in [-0.4, -0.2) is 24.4 Å². The first-order valence-corrected chi connectivity index (χ1v) is 14.2. The van der Waals surface area contributed by atoms with Gasteiger partial charge in [-0.3, -0.25) is 0 Å². The summed E-state index contributed by atoms with van der Waals surface area (Å²) < 4.78 is 110. The van der Waals surface area contributed by atoms with Crippen molar-refractivity contribution in [3.8, 4) is 0 Å². The molecule has 3 saturated carbocycles. The van der Waals surface area contributed by atoms with Gasteiger partial charge in [0.25, 0.3) is 0 Å². The van der Waals surface area contributed by atoms with Gasteiger partial charge < -0.3 is 9.47 Å². The number of hydrogen-bond acceptors (Lipinski definition) is 2. The highest BCUT2D eigenvalue weighted by atomic mass is 19.3. The van der Waals surface area contributed by atoms with Gasteiger partial charge in [0.15, 0.2) is 17.5 Å². The maximum atomic E-state index is 15.0. The van der Waals surface area contributed by atoms with Crippen LogP contribution in [-0.2, 0) is 9.47 Å². The van der Waals surface area contributed by atoms with Crippen molar-refractivity contribution in [3.05, 3.63) is 35.1 Å². The van der Waals surface area contributed by atoms with Crippen LogP contribution >= 0.6 is 0 Å². The lowest BCUT2D eigenvalue weighted by Gasteiger charge is -2.39. The van der Waals surface area contributed by atoms with Crippen molar-refractivity contribution in [3.63, 3.8) is 0 Å². The average Bonchev–Trinajstić information content (AvgIpc) is 2.88. The second-order valence-corrected chi connectivity index (χ2v) is 11.6. The number of alkyl halides is 4. The molecule has 3 aliphatic rings. The lowest BCUT2D eigenvalue weighted by molar-refractivity contribution is -0.318. The molecule has 0 N–H and O–H groups in total. The summed E-state index contributed by atoms with van der Waals surface area (Å²) >= 11 is 0. The Morgan fingerprint density at radius 3 is 1.53 bits per heavy atom. The summed E-state index contributed by atoms with van der Waals surface area (Å²) in [5.41, 5.74) is 0.315. The highest BCUT2D eigenvalue weighted by molar-refractivity contribution is 5.23. The smallest absolute Gasteiger partial charge is 0.317 e. The van der Waals surface area contributed by atoms with Crippen LogP contribution in [0.1, 0.15) is 108 Å². The Bertz CT molecular complexity index is 877. The Morgan fingerprint density at radius 1 is 0.658 bits per heavy atom. The van der Waals surface area contributed by atoms with Crippen molar-refractivity contribution in [2.45, 2.75) is 127 Å². The van der Waals surface area contributed by atoms with Gasteiger partial charge in [0.2, 0.25) is 0 Å². The van der Waals surface area contributed by atoms with E-state index in [1.165, 1.54) is 0 Å². The predicted octanol–water partition coefficient (Wildman–Crippen LogP) is 9.51. The van der Waals surface area contributed by atoms with Crippen molar-refractivity contribution in [2.75, 3.05) is 0 Å². The first-order chi connectivity index (χ1) is 18.0. The lowest BCUT2D eigenvalue weighted by Crippen LogP contribution is -2.42. The molecule has 0 spiro atoms. The van der Waals surface area contributed by atoms with E-state index in [-0.39, 0.29) is 44.4 Å². The molecule has 0 heterocycles. The molecule has 0 amide bonds. The first-order valence-electron chi connectivity index (χ1n) is 14.2. The van der Waals surface area contributed by atoms with E-state index < -0.39 is 53.7 Å². The van der Waals surface area contributed by atoms with Gasteiger partial charge in [0.1, 0.15) is 0 Å². The quantitative estimate of drug-likeness (QED) is 0.224. The van der Waals surface area contributed by atoms with E-state index in [4.69, 9.17) is 9.47 Å². The highest BCUT2D eigenvalue weighted by Gasteiger charge is 2.48. The van der Waals surface area contributed by atoms with Gasteiger partial charge in [-0.25, -0.2) is 13.2 Å². The van der Waals surface area contributed by atoms with E-state index in [2.05, 4.69) is 6.92 Å². The molecule has 0 aromatic heterocycles. The third kappa shape index (κ3) is 7.23. The summed E-state index contributed by atoms with van der Waals surface area (Å²) in [5, 5.41) is 0. The molecule has 0 bridgehead atoms. The van der Waals surface area contributed by atoms with Crippen molar-refractivity contribution < 1.29 is 40.2 Å². The number of hydrogen-bond donors (Lipinski definition) is 0. The minimum Gasteiger partial charge on any atom is -0.317 e. The molecule has 0 unspecified atom stereocenters. The molecule has 38 heavy (non-hydrogen) atoms. The standard InChI is InChI=1S/C29H39F7O2/c1-2-3-18-4-8-21(9-5-18)28(33,34)38-24-14-10-22(11-15-24)29(35,36)37-23-12-6-19(7-13-23)20-16-25(30)27(32)26(31)17-20/h16-19,21-24H,2-15H2,1H3. The van der Waals surface area contributed by atoms with Crippen LogP contribution in [0.2, 0.25) is 0 Å². The fourth-order valence-corrected chi connectivity index (χ4v) is 6.67. The summed E-state index contributed by atoms with van der Waals surface area (Å²) in [6.45, 7) is 2.10. The summed E-state index contributed by atoms with van der Waals surface area (Å²) in [7, 11) is 0. The molecule has 1 aromatic carbocycles. The zero-order valence-electron chi connectivity index (χ0n) is 22.0. The predicted molar refractivity (Wildman–Crippen MR) is 129 cm³/mol. The number of benzene rings is 1. The van der Waals surface area contributed by atoms with Gasteiger partial charge in [-0.05, 0) is 107 Å². The molecule has 216 valence electrons. The topological polar surface area (TPSA) is 18.5 Å². The SMILES string of the molecule is CCCC1CCC(C(F)(F)OC2CCC(C(F)(F)OC3CCC(c4cc(F)c(F)c(F)c4)CC3)CC2)CC1. The van der Waals surface area contributed by atoms with Crippen molar-refractivity contribution in [1.82, 2.24) is 0 Å². The summed E-state index contributed by atoms with van der Waals surface area (Å²) in [4.78, 5) is 0. The van der Waals surface area contributed by atoms with Crippen LogP contribution in [0.15, 0.2) is 12.1 Å². The van der Waals surface area contributed by atoms with Gasteiger partial charge in [-0.2, -0.15) is 17.6 Å². The van der Waals surface area contributed by atoms with E-state index in [9.17, 15) is 30.7 Å². The first kappa shape index (κ1) is 29.6. The maximum Gasteiger partial charge on any atom is 0.358 e. The molecule has 0 saturated heterocycles. The molecule has 0 atom stereocenters. The zero-order chi connectivity index (χ0) is 27.5. The van der Waals surface area contributed by atoms with Crippen LogP contribution in [0, 0.1) is 35.2 Å². The molecule has 3 fully saturated rings. The van der Waals surface area contributed by atoms with Gasteiger partial charge in [0, 0.05) is 0 Å². The van der Waals surface area contributed by atoms with Crippen molar-refractivity contribution in [1.29, 1.82) is 0 Å². The van der Waals surface area contributed by atoms with Crippen LogP contribution in [0.4, 0.5) is 30.7 Å². The number of rotatable bonds is 9. The highest BCUT2D eigenvalue weighted by Crippen LogP contribution is 2.45. The summed E-state index contributed by atoms with van der Waals surface area (Å²) in [5.74, 6) is -5.68. The molecule has 4 rings (SSSR count). The Hall–Kier alpha value is -1.35. The minimum atomic E-state index is -3.39. The van der Waals surface area contributed by atoms with E-state index in [1.807, 2.05) is 0 Å². The van der Waals surface area contributed by atoms with Gasteiger partial charge >= 0.3 is 12.2 Å². The lowest BCUT2D eigenvalue weighted by atomic mass is 9.79. The Labute approximate surface area is 220 Å². The fourth-order valence-electron chi connectivity index (χ4n) is 6.67. The van der Waals surface area contributed by atoms with Crippen LogP contribution in [0.5, 0.6) is 0 Å². The van der Waals surface area contributed by atoms with E-state index >= 15 is 0 Å². The molecule has 3 aliphatic carbocycles. The molecule has 0 aliphatic heterocycles. The molecule has 2 nitrogen and oxygen atoms in total. The molecular weight excluding hydrogens is 513 g/mol. The molecule has 0 radical (unpaired) electrons. The van der Waals surface area contributed by atoms with Gasteiger partial charge in [-0.1, -0.05) is 19.8 Å². The number of halogens is 7. The van der Waals surface area contributed by atoms with E-state index in [1.54, 1.807) is 0 Å². The second-order valence-electron chi connectivity index (χ2n) is 11.6. The monoisotopic (exact) mass is 552 g/mol. The zero-order valence-corrected chi connectivity index (χ0v) is 22.0.